The van der Waals surface area contributed by atoms with Gasteiger partial charge < -0.3 is 15.1 Å². The first-order valence-corrected chi connectivity index (χ1v) is 8.31. The highest BCUT2D eigenvalue weighted by Crippen LogP contribution is 2.26. The first-order chi connectivity index (χ1) is 10.7. The van der Waals surface area contributed by atoms with Crippen molar-refractivity contribution in [3.8, 4) is 0 Å². The summed E-state index contributed by atoms with van der Waals surface area (Å²) in [4.78, 5) is 9.31. The van der Waals surface area contributed by atoms with Gasteiger partial charge in [-0.3, -0.25) is 9.67 Å². The molecule has 1 N–H and O–H groups in total. The van der Waals surface area contributed by atoms with E-state index in [2.05, 4.69) is 38.5 Å². The minimum atomic E-state index is 0. The molecule has 0 spiro atoms. The van der Waals surface area contributed by atoms with Crippen LogP contribution in [0.3, 0.4) is 0 Å². The van der Waals surface area contributed by atoms with Crippen LogP contribution in [0.2, 0.25) is 0 Å². The van der Waals surface area contributed by atoms with Crippen molar-refractivity contribution in [2.45, 2.75) is 31.2 Å². The zero-order chi connectivity index (χ0) is 15.5. The maximum atomic E-state index is 4.48. The highest BCUT2D eigenvalue weighted by atomic mass is 127. The van der Waals surface area contributed by atoms with Crippen molar-refractivity contribution in [3.63, 3.8) is 0 Å². The second kappa shape index (κ2) is 8.32. The van der Waals surface area contributed by atoms with Crippen molar-refractivity contribution in [2.75, 3.05) is 40.3 Å². The summed E-state index contributed by atoms with van der Waals surface area (Å²) in [7, 11) is 6.09. The Morgan fingerprint density at radius 1 is 1.35 bits per heavy atom. The summed E-state index contributed by atoms with van der Waals surface area (Å²) in [5.41, 5.74) is 1.34. The maximum Gasteiger partial charge on any atom is 0.193 e. The molecule has 1 aromatic rings. The van der Waals surface area contributed by atoms with Gasteiger partial charge in [0.25, 0.3) is 0 Å². The molecular weight excluding hydrogens is 403 g/mol. The van der Waals surface area contributed by atoms with Gasteiger partial charge in [-0.1, -0.05) is 0 Å². The van der Waals surface area contributed by atoms with Crippen LogP contribution >= 0.6 is 24.0 Å². The fourth-order valence-electron chi connectivity index (χ4n) is 3.65. The fraction of sp³-hybridized carbons (Fsp3) is 0.750. The standard InChI is InChI=1S/C16H28N6.HI/c1-17-16(18-10-15-5-4-7-20(15)2)22-8-6-13(12-22)14-9-19-21(3)11-14;/h9,11,13,15H,4-8,10,12H2,1-3H3,(H,17,18);1H. The average Bonchev–Trinajstić information content (AvgIpc) is 3.22. The van der Waals surface area contributed by atoms with Gasteiger partial charge in [-0.25, -0.2) is 0 Å². The third kappa shape index (κ3) is 4.37. The van der Waals surface area contributed by atoms with E-state index in [4.69, 9.17) is 0 Å². The van der Waals surface area contributed by atoms with E-state index in [0.717, 1.165) is 25.6 Å². The number of likely N-dealkylation sites (N-methyl/N-ethyl adjacent to an activating group) is 1. The minimum Gasteiger partial charge on any atom is -0.355 e. The molecule has 2 fully saturated rings. The first-order valence-electron chi connectivity index (χ1n) is 8.31. The lowest BCUT2D eigenvalue weighted by molar-refractivity contribution is 0.307. The average molecular weight is 432 g/mol. The summed E-state index contributed by atoms with van der Waals surface area (Å²) >= 11 is 0. The molecule has 1 aromatic heterocycles. The topological polar surface area (TPSA) is 48.7 Å². The normalized spacial score (nSPS) is 25.7. The number of aromatic nitrogens is 2. The lowest BCUT2D eigenvalue weighted by Gasteiger charge is -2.25. The number of hydrogen-bond donors (Lipinski definition) is 1. The highest BCUT2D eigenvalue weighted by molar-refractivity contribution is 14.0. The van der Waals surface area contributed by atoms with E-state index in [-0.39, 0.29) is 24.0 Å². The Morgan fingerprint density at radius 2 is 2.17 bits per heavy atom. The third-order valence-electron chi connectivity index (χ3n) is 5.06. The van der Waals surface area contributed by atoms with Gasteiger partial charge in [0, 0.05) is 51.9 Å². The van der Waals surface area contributed by atoms with Crippen molar-refractivity contribution >= 4 is 29.9 Å². The molecule has 3 rings (SSSR count). The van der Waals surface area contributed by atoms with E-state index in [1.807, 2.05) is 25.0 Å². The number of guanidine groups is 1. The lowest BCUT2D eigenvalue weighted by Crippen LogP contribution is -2.45. The van der Waals surface area contributed by atoms with E-state index in [1.54, 1.807) is 0 Å². The Labute approximate surface area is 156 Å². The summed E-state index contributed by atoms with van der Waals surface area (Å²) in [5, 5.41) is 7.87. The second-order valence-corrected chi connectivity index (χ2v) is 6.58. The first kappa shape index (κ1) is 18.5. The van der Waals surface area contributed by atoms with E-state index in [1.165, 1.54) is 31.4 Å². The minimum absolute atomic E-state index is 0. The van der Waals surface area contributed by atoms with Gasteiger partial charge in [0.15, 0.2) is 5.96 Å². The molecule has 130 valence electrons. The monoisotopic (exact) mass is 432 g/mol. The molecule has 6 nitrogen and oxygen atoms in total. The van der Waals surface area contributed by atoms with Crippen molar-refractivity contribution in [1.29, 1.82) is 0 Å². The molecule has 0 radical (unpaired) electrons. The van der Waals surface area contributed by atoms with Gasteiger partial charge in [-0.2, -0.15) is 5.10 Å². The van der Waals surface area contributed by atoms with E-state index < -0.39 is 0 Å². The number of aliphatic imine (C=N–C) groups is 1. The lowest BCUT2D eigenvalue weighted by atomic mass is 10.0. The Kier molecular flexibility index (Phi) is 6.70. The Bertz CT molecular complexity index is 528. The molecule has 23 heavy (non-hydrogen) atoms. The zero-order valence-corrected chi connectivity index (χ0v) is 16.7. The molecule has 0 bridgehead atoms. The van der Waals surface area contributed by atoms with Crippen molar-refractivity contribution in [2.24, 2.45) is 12.0 Å². The smallest absolute Gasteiger partial charge is 0.193 e. The molecule has 7 heteroatoms. The molecule has 2 atom stereocenters. The summed E-state index contributed by atoms with van der Waals surface area (Å²) in [6, 6.07) is 0.647. The predicted octanol–water partition coefficient (Wildman–Crippen LogP) is 1.50. The molecule has 2 unspecified atom stereocenters. The van der Waals surface area contributed by atoms with Gasteiger partial charge in [0.1, 0.15) is 0 Å². The summed E-state index contributed by atoms with van der Waals surface area (Å²) < 4.78 is 1.89. The quantitative estimate of drug-likeness (QED) is 0.447. The highest BCUT2D eigenvalue weighted by Gasteiger charge is 2.28. The number of hydrogen-bond acceptors (Lipinski definition) is 3. The Balaban J connectivity index is 0.00000192. The SMILES string of the molecule is CN=C(NCC1CCCN1C)N1CCC(c2cnn(C)c2)C1.I. The van der Waals surface area contributed by atoms with Gasteiger partial charge in [0.05, 0.1) is 6.20 Å². The number of aryl methyl sites for hydroxylation is 1. The second-order valence-electron chi connectivity index (χ2n) is 6.58. The molecule has 0 amide bonds. The molecule has 0 aromatic carbocycles. The van der Waals surface area contributed by atoms with E-state index in [0.29, 0.717) is 12.0 Å². The molecule has 0 aliphatic carbocycles. The molecule has 2 aliphatic heterocycles. The largest absolute Gasteiger partial charge is 0.355 e. The number of nitrogens with one attached hydrogen (secondary N) is 1. The van der Waals surface area contributed by atoms with Crippen LogP contribution in [0.5, 0.6) is 0 Å². The van der Waals surface area contributed by atoms with Crippen molar-refractivity contribution in [3.05, 3.63) is 18.0 Å². The molecule has 3 heterocycles. The number of halogens is 1. The summed E-state index contributed by atoms with van der Waals surface area (Å²) in [6.45, 7) is 4.32. The fourth-order valence-corrected chi connectivity index (χ4v) is 3.65. The maximum absolute atomic E-state index is 4.48. The summed E-state index contributed by atoms with van der Waals surface area (Å²) in [5.74, 6) is 1.62. The summed E-state index contributed by atoms with van der Waals surface area (Å²) in [6.07, 6.45) is 7.92. The molecule has 0 saturated carbocycles. The number of likely N-dealkylation sites (tertiary alicyclic amines) is 2. The van der Waals surface area contributed by atoms with Gasteiger partial charge in [-0.05, 0) is 38.4 Å². The van der Waals surface area contributed by atoms with Crippen LogP contribution in [0.25, 0.3) is 0 Å². The van der Waals surface area contributed by atoms with Crippen LogP contribution in [-0.2, 0) is 7.05 Å². The van der Waals surface area contributed by atoms with Crippen LogP contribution in [0.4, 0.5) is 0 Å². The van der Waals surface area contributed by atoms with Gasteiger partial charge in [-0.15, -0.1) is 24.0 Å². The van der Waals surface area contributed by atoms with Gasteiger partial charge >= 0.3 is 0 Å². The van der Waals surface area contributed by atoms with Crippen LogP contribution in [0, 0.1) is 0 Å². The van der Waals surface area contributed by atoms with Crippen LogP contribution < -0.4 is 5.32 Å². The van der Waals surface area contributed by atoms with Crippen LogP contribution in [-0.4, -0.2) is 71.9 Å². The predicted molar refractivity (Wildman–Crippen MR) is 105 cm³/mol. The molecule has 2 saturated heterocycles. The Morgan fingerprint density at radius 3 is 2.78 bits per heavy atom. The van der Waals surface area contributed by atoms with E-state index >= 15 is 0 Å². The molecule has 2 aliphatic rings. The molecular formula is C16H29IN6. The number of rotatable bonds is 3. The zero-order valence-electron chi connectivity index (χ0n) is 14.4. The van der Waals surface area contributed by atoms with Crippen molar-refractivity contribution in [1.82, 2.24) is 24.9 Å². The van der Waals surface area contributed by atoms with Gasteiger partial charge in [0.2, 0.25) is 0 Å². The van der Waals surface area contributed by atoms with Crippen molar-refractivity contribution < 1.29 is 0 Å². The van der Waals surface area contributed by atoms with Crippen LogP contribution in [0.15, 0.2) is 17.4 Å². The van der Waals surface area contributed by atoms with Crippen LogP contribution in [0.1, 0.15) is 30.7 Å². The third-order valence-corrected chi connectivity index (χ3v) is 5.06. The number of nitrogens with zero attached hydrogens (tertiary/aromatic N) is 5. The Hall–Kier alpha value is -0.830. The van der Waals surface area contributed by atoms with E-state index in [9.17, 15) is 0 Å².